The second kappa shape index (κ2) is 8.35. The molecule has 2 unspecified atom stereocenters. The van der Waals surface area contributed by atoms with E-state index in [1.807, 2.05) is 0 Å². The van der Waals surface area contributed by atoms with Crippen molar-refractivity contribution in [2.24, 2.45) is 11.1 Å². The zero-order chi connectivity index (χ0) is 22.8. The van der Waals surface area contributed by atoms with Gasteiger partial charge in [0.05, 0.1) is 11.6 Å². The highest BCUT2D eigenvalue weighted by molar-refractivity contribution is 6.49. The molecular weight excluding hydrogens is 412 g/mol. The van der Waals surface area contributed by atoms with Gasteiger partial charge in [-0.2, -0.15) is 0 Å². The predicted octanol–water partition coefficient (Wildman–Crippen LogP) is 3.94. The summed E-state index contributed by atoms with van der Waals surface area (Å²) in [6, 6.07) is 18.6. The molecule has 1 aliphatic heterocycles. The van der Waals surface area contributed by atoms with Crippen molar-refractivity contribution in [3.63, 3.8) is 0 Å². The number of carbonyl (C=O) groups is 4. The minimum absolute atomic E-state index is 0.0154. The van der Waals surface area contributed by atoms with Crippen molar-refractivity contribution < 1.29 is 24.3 Å². The summed E-state index contributed by atoms with van der Waals surface area (Å²) in [5, 5.41) is 12.0. The molecule has 0 radical (unpaired) electrons. The maximum atomic E-state index is 13.3. The normalized spacial score (nSPS) is 17.9. The van der Waals surface area contributed by atoms with E-state index < -0.39 is 35.4 Å². The molecule has 1 saturated heterocycles. The molecule has 32 heavy (non-hydrogen) atoms. The number of hydrogen-bond donors (Lipinski definition) is 1. The fraction of sp³-hybridized carbons (Fsp3) is 0.0833. The van der Waals surface area contributed by atoms with Gasteiger partial charge in [-0.15, -0.1) is 4.91 Å². The number of carbonyl (C=O) groups excluding carboxylic acids is 3. The number of amides is 1. The number of nitroso groups, excluding NO2 is 1. The summed E-state index contributed by atoms with van der Waals surface area (Å²) in [4.78, 5) is 62.5. The monoisotopic (exact) mass is 428 g/mol. The molecular formula is C24H16N2O6. The zero-order valence-electron chi connectivity index (χ0n) is 16.5. The van der Waals surface area contributed by atoms with Gasteiger partial charge in [0.1, 0.15) is 11.6 Å². The second-order valence-electron chi connectivity index (χ2n) is 7.23. The van der Waals surface area contributed by atoms with Gasteiger partial charge in [0, 0.05) is 11.3 Å². The van der Waals surface area contributed by atoms with Gasteiger partial charge >= 0.3 is 5.97 Å². The van der Waals surface area contributed by atoms with Crippen LogP contribution in [0.15, 0.2) is 84.0 Å². The average molecular weight is 428 g/mol. The van der Waals surface area contributed by atoms with Gasteiger partial charge < -0.3 is 5.11 Å². The van der Waals surface area contributed by atoms with E-state index in [1.165, 1.54) is 53.4 Å². The summed E-state index contributed by atoms with van der Waals surface area (Å²) in [5.74, 6) is -4.67. The third-order valence-electron chi connectivity index (χ3n) is 5.38. The largest absolute Gasteiger partial charge is 0.478 e. The molecule has 1 amide bonds. The summed E-state index contributed by atoms with van der Waals surface area (Å²) >= 11 is 0. The number of carboxylic acids is 1. The Morgan fingerprint density at radius 3 is 2.00 bits per heavy atom. The Kier molecular flexibility index (Phi) is 5.43. The highest BCUT2D eigenvalue weighted by Crippen LogP contribution is 2.41. The van der Waals surface area contributed by atoms with Crippen molar-refractivity contribution in [1.29, 1.82) is 0 Å². The Balaban J connectivity index is 1.84. The first kappa shape index (κ1) is 20.8. The minimum atomic E-state index is -1.31. The lowest BCUT2D eigenvalue weighted by Crippen LogP contribution is -2.30. The summed E-state index contributed by atoms with van der Waals surface area (Å²) in [5.41, 5.74) is 1.21. The number of anilines is 1. The molecule has 8 nitrogen and oxygen atoms in total. The van der Waals surface area contributed by atoms with Gasteiger partial charge in [0.25, 0.3) is 5.91 Å². The van der Waals surface area contributed by atoms with Crippen LogP contribution in [0.2, 0.25) is 0 Å². The molecule has 4 rings (SSSR count). The topological polar surface area (TPSA) is 121 Å². The number of benzene rings is 3. The first-order valence-corrected chi connectivity index (χ1v) is 9.65. The molecule has 0 bridgehead atoms. The molecule has 158 valence electrons. The molecule has 0 spiro atoms. The molecule has 0 aliphatic carbocycles. The quantitative estimate of drug-likeness (QED) is 0.275. The van der Waals surface area contributed by atoms with E-state index >= 15 is 0 Å². The van der Waals surface area contributed by atoms with E-state index in [2.05, 4.69) is 5.18 Å². The van der Waals surface area contributed by atoms with Gasteiger partial charge in [-0.1, -0.05) is 42.5 Å². The average Bonchev–Trinajstić information content (AvgIpc) is 3.09. The number of nitrogens with zero attached hydrogens (tertiary/aromatic N) is 2. The van der Waals surface area contributed by atoms with Crippen molar-refractivity contribution in [3.05, 3.63) is 100 Å². The Morgan fingerprint density at radius 1 is 0.812 bits per heavy atom. The Labute approximate surface area is 182 Å². The van der Waals surface area contributed by atoms with Crippen molar-refractivity contribution in [2.75, 3.05) is 4.90 Å². The van der Waals surface area contributed by atoms with E-state index in [-0.39, 0.29) is 22.5 Å². The maximum Gasteiger partial charge on any atom is 0.335 e. The third-order valence-corrected chi connectivity index (χ3v) is 5.38. The van der Waals surface area contributed by atoms with E-state index in [0.29, 0.717) is 5.56 Å². The third kappa shape index (κ3) is 3.58. The Bertz CT molecular complexity index is 1220. The lowest BCUT2D eigenvalue weighted by molar-refractivity contribution is -0.135. The van der Waals surface area contributed by atoms with Gasteiger partial charge in [-0.05, 0) is 47.1 Å². The molecule has 1 aliphatic rings. The van der Waals surface area contributed by atoms with Crippen molar-refractivity contribution in [1.82, 2.24) is 0 Å². The fourth-order valence-corrected chi connectivity index (χ4v) is 3.83. The van der Waals surface area contributed by atoms with Gasteiger partial charge in [-0.25, -0.2) is 4.79 Å². The second-order valence-corrected chi connectivity index (χ2v) is 7.23. The van der Waals surface area contributed by atoms with Crippen LogP contribution in [0.5, 0.6) is 0 Å². The van der Waals surface area contributed by atoms with Crippen molar-refractivity contribution >= 4 is 34.8 Å². The number of rotatable bonds is 6. The number of hydrogen-bond acceptors (Lipinski definition) is 6. The van der Waals surface area contributed by atoms with Crippen molar-refractivity contribution in [2.45, 2.75) is 6.04 Å². The Hall–Kier alpha value is -4.46. The van der Waals surface area contributed by atoms with Crippen LogP contribution in [0.1, 0.15) is 32.3 Å². The van der Waals surface area contributed by atoms with Crippen LogP contribution in [0.4, 0.5) is 11.4 Å². The van der Waals surface area contributed by atoms with Crippen LogP contribution < -0.4 is 4.90 Å². The van der Waals surface area contributed by atoms with Crippen LogP contribution in [0.3, 0.4) is 0 Å². The molecule has 2 atom stereocenters. The summed E-state index contributed by atoms with van der Waals surface area (Å²) < 4.78 is 0. The molecule has 1 N–H and O–H groups in total. The lowest BCUT2D eigenvalue weighted by Gasteiger charge is -2.27. The summed E-state index contributed by atoms with van der Waals surface area (Å²) in [6.07, 6.45) is 0. The SMILES string of the molecule is O=Nc1ccc(C2C(C(=O)c3ccccc3)C(=O)C(=O)N2c2ccc(C(=O)O)cc2)cc1. The van der Waals surface area contributed by atoms with Gasteiger partial charge in [-0.3, -0.25) is 19.3 Å². The molecule has 3 aromatic carbocycles. The first-order chi connectivity index (χ1) is 15.4. The number of aromatic carboxylic acids is 1. The van der Waals surface area contributed by atoms with Crippen LogP contribution in [-0.2, 0) is 9.59 Å². The van der Waals surface area contributed by atoms with Crippen LogP contribution in [-0.4, -0.2) is 28.5 Å². The number of Topliss-reactive ketones (excluding diaryl/α,β-unsaturated/α-hetero) is 2. The molecule has 3 aromatic rings. The van der Waals surface area contributed by atoms with Crippen LogP contribution in [0.25, 0.3) is 0 Å². The maximum absolute atomic E-state index is 13.3. The summed E-state index contributed by atoms with van der Waals surface area (Å²) in [6.45, 7) is 0. The summed E-state index contributed by atoms with van der Waals surface area (Å²) in [7, 11) is 0. The fourth-order valence-electron chi connectivity index (χ4n) is 3.83. The molecule has 1 fully saturated rings. The number of carboxylic acid groups (broad SMARTS) is 1. The van der Waals surface area contributed by atoms with Crippen LogP contribution >= 0.6 is 0 Å². The molecule has 1 heterocycles. The zero-order valence-corrected chi connectivity index (χ0v) is 16.5. The van der Waals surface area contributed by atoms with Gasteiger partial charge in [0.2, 0.25) is 5.78 Å². The molecule has 0 aromatic heterocycles. The molecule has 8 heteroatoms. The van der Waals surface area contributed by atoms with E-state index in [9.17, 15) is 24.1 Å². The number of ketones is 2. The highest BCUT2D eigenvalue weighted by atomic mass is 16.4. The van der Waals surface area contributed by atoms with E-state index in [4.69, 9.17) is 5.11 Å². The Morgan fingerprint density at radius 2 is 1.44 bits per heavy atom. The lowest BCUT2D eigenvalue weighted by atomic mass is 9.86. The van der Waals surface area contributed by atoms with Crippen molar-refractivity contribution in [3.8, 4) is 0 Å². The molecule has 0 saturated carbocycles. The highest BCUT2D eigenvalue weighted by Gasteiger charge is 2.52. The standard InChI is InChI=1S/C24H16N2O6/c27-21(15-4-2-1-3-5-15)19-20(14-6-10-17(25-32)11-7-14)26(23(29)22(19)28)18-12-8-16(9-13-18)24(30)31/h1-13,19-20H,(H,30,31). The van der Waals surface area contributed by atoms with E-state index in [0.717, 1.165) is 0 Å². The predicted molar refractivity (Wildman–Crippen MR) is 115 cm³/mol. The minimum Gasteiger partial charge on any atom is -0.478 e. The van der Waals surface area contributed by atoms with Crippen LogP contribution in [0, 0.1) is 10.8 Å². The van der Waals surface area contributed by atoms with E-state index in [1.54, 1.807) is 30.3 Å². The first-order valence-electron chi connectivity index (χ1n) is 9.65. The smallest absolute Gasteiger partial charge is 0.335 e. The van der Waals surface area contributed by atoms with Gasteiger partial charge in [0.15, 0.2) is 5.78 Å².